The first-order valence-corrected chi connectivity index (χ1v) is 7.81. The summed E-state index contributed by atoms with van der Waals surface area (Å²) in [7, 11) is 0. The van der Waals surface area contributed by atoms with Gasteiger partial charge in [0.05, 0.1) is 6.61 Å². The lowest BCUT2D eigenvalue weighted by molar-refractivity contribution is 0.232. The average Bonchev–Trinajstić information content (AvgIpc) is 2.40. The Labute approximate surface area is 119 Å². The van der Waals surface area contributed by atoms with Crippen LogP contribution in [0.1, 0.15) is 70.4 Å². The van der Waals surface area contributed by atoms with E-state index in [-0.39, 0.29) is 0 Å². The molecule has 108 valence electrons. The highest BCUT2D eigenvalue weighted by Crippen LogP contribution is 2.25. The summed E-state index contributed by atoms with van der Waals surface area (Å²) in [6.45, 7) is 12.0. The Morgan fingerprint density at radius 3 is 2.47 bits per heavy atom. The van der Waals surface area contributed by atoms with Crippen LogP contribution in [-0.2, 0) is 0 Å². The van der Waals surface area contributed by atoms with Crippen LogP contribution in [0.25, 0.3) is 0 Å². The van der Waals surface area contributed by atoms with Crippen molar-refractivity contribution in [2.24, 2.45) is 5.92 Å². The lowest BCUT2D eigenvalue weighted by Crippen LogP contribution is -2.12. The largest absolute Gasteiger partial charge is 0.493 e. The molecular formula is C18H30O. The van der Waals surface area contributed by atoms with Crippen molar-refractivity contribution in [3.05, 3.63) is 29.3 Å². The minimum Gasteiger partial charge on any atom is -0.493 e. The van der Waals surface area contributed by atoms with Gasteiger partial charge in [0.1, 0.15) is 5.75 Å². The normalized spacial score (nSPS) is 12.7. The van der Waals surface area contributed by atoms with Crippen molar-refractivity contribution in [1.29, 1.82) is 0 Å². The van der Waals surface area contributed by atoms with Crippen LogP contribution in [0.15, 0.2) is 18.2 Å². The Balaban J connectivity index is 2.62. The highest BCUT2D eigenvalue weighted by molar-refractivity contribution is 5.37. The van der Waals surface area contributed by atoms with Crippen LogP contribution in [0.2, 0.25) is 0 Å². The van der Waals surface area contributed by atoms with E-state index in [0.29, 0.717) is 11.8 Å². The lowest BCUT2D eigenvalue weighted by Gasteiger charge is -2.18. The molecular weight excluding hydrogens is 232 g/mol. The summed E-state index contributed by atoms with van der Waals surface area (Å²) in [6, 6.07) is 6.60. The molecule has 19 heavy (non-hydrogen) atoms. The molecule has 0 aromatic heterocycles. The van der Waals surface area contributed by atoms with Gasteiger partial charge < -0.3 is 4.74 Å². The van der Waals surface area contributed by atoms with Gasteiger partial charge in [0, 0.05) is 0 Å². The first-order valence-electron chi connectivity index (χ1n) is 7.81. The Morgan fingerprint density at radius 2 is 1.89 bits per heavy atom. The summed E-state index contributed by atoms with van der Waals surface area (Å²) in [5.74, 6) is 2.33. The Kier molecular flexibility index (Phi) is 6.97. The predicted molar refractivity (Wildman–Crippen MR) is 84.1 cm³/mol. The topological polar surface area (TPSA) is 9.23 Å². The van der Waals surface area contributed by atoms with Gasteiger partial charge in [0.2, 0.25) is 0 Å². The van der Waals surface area contributed by atoms with Crippen molar-refractivity contribution in [2.45, 2.75) is 66.2 Å². The second-order valence-electron chi connectivity index (χ2n) is 5.91. The number of aryl methyl sites for hydroxylation is 1. The standard InChI is InChI=1S/C18H30O/c1-6-8-9-16(7-2)13-19-18-12-17(14(3)4)11-10-15(18)5/h10-12,14,16H,6-9,13H2,1-5H3. The van der Waals surface area contributed by atoms with Crippen LogP contribution in [-0.4, -0.2) is 6.61 Å². The zero-order valence-electron chi connectivity index (χ0n) is 13.3. The molecule has 0 heterocycles. The van der Waals surface area contributed by atoms with Crippen molar-refractivity contribution >= 4 is 0 Å². The number of rotatable bonds is 8. The average molecular weight is 262 g/mol. The molecule has 1 rings (SSSR count). The zero-order valence-corrected chi connectivity index (χ0v) is 13.3. The van der Waals surface area contributed by atoms with Gasteiger partial charge in [-0.2, -0.15) is 0 Å². The summed E-state index contributed by atoms with van der Waals surface area (Å²) >= 11 is 0. The molecule has 0 radical (unpaired) electrons. The first kappa shape index (κ1) is 16.1. The van der Waals surface area contributed by atoms with Gasteiger partial charge in [-0.3, -0.25) is 0 Å². The summed E-state index contributed by atoms with van der Waals surface area (Å²) in [5.41, 5.74) is 2.61. The number of benzene rings is 1. The van der Waals surface area contributed by atoms with Crippen LogP contribution in [0.3, 0.4) is 0 Å². The minimum atomic E-state index is 0.560. The van der Waals surface area contributed by atoms with E-state index in [2.05, 4.69) is 52.8 Å². The van der Waals surface area contributed by atoms with Crippen LogP contribution in [0, 0.1) is 12.8 Å². The highest BCUT2D eigenvalue weighted by atomic mass is 16.5. The van der Waals surface area contributed by atoms with E-state index in [9.17, 15) is 0 Å². The summed E-state index contributed by atoms with van der Waals surface area (Å²) in [5, 5.41) is 0. The maximum absolute atomic E-state index is 6.08. The Morgan fingerprint density at radius 1 is 1.16 bits per heavy atom. The van der Waals surface area contributed by atoms with E-state index in [1.54, 1.807) is 0 Å². The summed E-state index contributed by atoms with van der Waals surface area (Å²) in [6.07, 6.45) is 5.09. The van der Waals surface area contributed by atoms with Gasteiger partial charge >= 0.3 is 0 Å². The van der Waals surface area contributed by atoms with E-state index in [4.69, 9.17) is 4.74 Å². The Hall–Kier alpha value is -0.980. The molecule has 0 aliphatic heterocycles. The molecule has 1 unspecified atom stereocenters. The van der Waals surface area contributed by atoms with E-state index in [1.165, 1.54) is 36.8 Å². The highest BCUT2D eigenvalue weighted by Gasteiger charge is 2.09. The van der Waals surface area contributed by atoms with Crippen LogP contribution < -0.4 is 4.74 Å². The van der Waals surface area contributed by atoms with Gasteiger partial charge in [-0.15, -0.1) is 0 Å². The SMILES string of the molecule is CCCCC(CC)COc1cc(C(C)C)ccc1C. The predicted octanol–water partition coefficient (Wildman–Crippen LogP) is 5.71. The van der Waals surface area contributed by atoms with Crippen LogP contribution in [0.4, 0.5) is 0 Å². The molecule has 1 aromatic carbocycles. The summed E-state index contributed by atoms with van der Waals surface area (Å²) in [4.78, 5) is 0. The fraction of sp³-hybridized carbons (Fsp3) is 0.667. The van der Waals surface area contributed by atoms with Gasteiger partial charge in [-0.25, -0.2) is 0 Å². The van der Waals surface area contributed by atoms with E-state index >= 15 is 0 Å². The molecule has 0 saturated heterocycles. The molecule has 0 bridgehead atoms. The minimum absolute atomic E-state index is 0.560. The second-order valence-corrected chi connectivity index (χ2v) is 5.91. The van der Waals surface area contributed by atoms with Crippen LogP contribution >= 0.6 is 0 Å². The van der Waals surface area contributed by atoms with Crippen molar-refractivity contribution in [2.75, 3.05) is 6.61 Å². The third-order valence-corrected chi connectivity index (χ3v) is 3.90. The van der Waals surface area contributed by atoms with Gasteiger partial charge in [0.15, 0.2) is 0 Å². The molecule has 0 saturated carbocycles. The fourth-order valence-corrected chi connectivity index (χ4v) is 2.24. The Bertz CT molecular complexity index is 368. The third-order valence-electron chi connectivity index (χ3n) is 3.90. The fourth-order valence-electron chi connectivity index (χ4n) is 2.24. The molecule has 0 N–H and O–H groups in total. The van der Waals surface area contributed by atoms with E-state index < -0.39 is 0 Å². The molecule has 0 aliphatic rings. The van der Waals surface area contributed by atoms with Crippen molar-refractivity contribution in [3.63, 3.8) is 0 Å². The van der Waals surface area contributed by atoms with Crippen molar-refractivity contribution in [1.82, 2.24) is 0 Å². The quantitative estimate of drug-likeness (QED) is 0.582. The van der Waals surface area contributed by atoms with E-state index in [1.807, 2.05) is 0 Å². The van der Waals surface area contributed by atoms with Crippen molar-refractivity contribution < 1.29 is 4.74 Å². The zero-order chi connectivity index (χ0) is 14.3. The number of hydrogen-bond acceptors (Lipinski definition) is 1. The number of ether oxygens (including phenoxy) is 1. The van der Waals surface area contributed by atoms with E-state index in [0.717, 1.165) is 12.4 Å². The number of unbranched alkanes of at least 4 members (excludes halogenated alkanes) is 1. The van der Waals surface area contributed by atoms with Gasteiger partial charge in [-0.05, 0) is 42.4 Å². The summed E-state index contributed by atoms with van der Waals surface area (Å²) < 4.78 is 6.08. The first-order chi connectivity index (χ1) is 9.08. The van der Waals surface area contributed by atoms with Gasteiger partial charge in [-0.1, -0.05) is 59.1 Å². The molecule has 1 nitrogen and oxygen atoms in total. The maximum atomic E-state index is 6.08. The maximum Gasteiger partial charge on any atom is 0.122 e. The molecule has 0 aliphatic carbocycles. The monoisotopic (exact) mass is 262 g/mol. The molecule has 0 fully saturated rings. The van der Waals surface area contributed by atoms with Gasteiger partial charge in [0.25, 0.3) is 0 Å². The lowest BCUT2D eigenvalue weighted by atomic mass is 10.00. The molecule has 0 spiro atoms. The number of hydrogen-bond donors (Lipinski definition) is 0. The molecule has 0 amide bonds. The third kappa shape index (κ3) is 5.26. The molecule has 1 aromatic rings. The molecule has 1 heteroatoms. The van der Waals surface area contributed by atoms with Crippen molar-refractivity contribution in [3.8, 4) is 5.75 Å². The second kappa shape index (κ2) is 8.24. The molecule has 1 atom stereocenters. The smallest absolute Gasteiger partial charge is 0.122 e. The van der Waals surface area contributed by atoms with Crippen LogP contribution in [0.5, 0.6) is 5.75 Å².